The van der Waals surface area contributed by atoms with Crippen LogP contribution in [0.3, 0.4) is 0 Å². The minimum atomic E-state index is -1.21. The van der Waals surface area contributed by atoms with E-state index in [1.165, 1.54) is 6.07 Å². The molecule has 5 nitrogen and oxygen atoms in total. The van der Waals surface area contributed by atoms with Gasteiger partial charge in [0.2, 0.25) is 0 Å². The first-order chi connectivity index (χ1) is 16.0. The number of carbonyl (C=O) groups is 2. The Hall–Kier alpha value is -3.25. The molecule has 2 aromatic carbocycles. The summed E-state index contributed by atoms with van der Waals surface area (Å²) < 4.78 is 20.3. The number of benzene rings is 2. The van der Waals surface area contributed by atoms with E-state index in [4.69, 9.17) is 9.84 Å². The molecule has 0 heterocycles. The van der Waals surface area contributed by atoms with Crippen molar-refractivity contribution in [2.45, 2.75) is 44.4 Å². The van der Waals surface area contributed by atoms with Crippen molar-refractivity contribution in [1.82, 2.24) is 4.90 Å². The predicted octanol–water partition coefficient (Wildman–Crippen LogP) is 5.12. The lowest BCUT2D eigenvalue weighted by Crippen LogP contribution is -2.51. The van der Waals surface area contributed by atoms with E-state index in [0.717, 1.165) is 24.8 Å². The van der Waals surface area contributed by atoms with E-state index in [1.807, 2.05) is 17.1 Å². The molecule has 1 unspecified atom stereocenters. The summed E-state index contributed by atoms with van der Waals surface area (Å²) in [5, 5.41) is 9.16. The van der Waals surface area contributed by atoms with Crippen LogP contribution in [0.4, 0.5) is 4.39 Å². The molecule has 0 saturated heterocycles. The molecular weight excluding hydrogens is 421 g/mol. The van der Waals surface area contributed by atoms with Crippen LogP contribution in [0.15, 0.2) is 72.8 Å². The molecule has 2 aromatic rings. The number of carboxylic acid groups (broad SMARTS) is 1. The van der Waals surface area contributed by atoms with Crippen LogP contribution < -0.4 is 0 Å². The number of amides is 1. The molecule has 0 bridgehead atoms. The van der Waals surface area contributed by atoms with E-state index < -0.39 is 11.6 Å². The zero-order valence-electron chi connectivity index (χ0n) is 18.5. The predicted molar refractivity (Wildman–Crippen MR) is 123 cm³/mol. The second kappa shape index (κ2) is 10.1. The molecular formula is C27H28FNO4. The lowest BCUT2D eigenvalue weighted by atomic mass is 9.84. The number of hydrogen-bond acceptors (Lipinski definition) is 3. The number of ether oxygens (including phenoxy) is 1. The minimum Gasteiger partial charge on any atom is -0.478 e. The van der Waals surface area contributed by atoms with Gasteiger partial charge >= 0.3 is 5.97 Å². The molecule has 4 rings (SSSR count). The van der Waals surface area contributed by atoms with Gasteiger partial charge in [-0.05, 0) is 48.6 Å². The van der Waals surface area contributed by atoms with Gasteiger partial charge < -0.3 is 14.7 Å². The molecule has 1 fully saturated rings. The van der Waals surface area contributed by atoms with Gasteiger partial charge in [-0.2, -0.15) is 0 Å². The normalized spacial score (nSPS) is 19.8. The first kappa shape index (κ1) is 22.9. The Morgan fingerprint density at radius 3 is 2.45 bits per heavy atom. The Labute approximate surface area is 193 Å². The standard InChI is InChI=1S/C27H28FNO4/c28-24-10-3-2-9-23(24)19-33-27(15-4-1-5-16-27)26(32)29(17-20-7-6-8-20)18-21-11-13-22(14-12-21)25(30)31/h1-5,9-15,20H,6-8,16-19H2,(H,30,31). The fourth-order valence-electron chi connectivity index (χ4n) is 4.20. The maximum absolute atomic E-state index is 14.2. The molecule has 6 heteroatoms. The third-order valence-electron chi connectivity index (χ3n) is 6.40. The van der Waals surface area contributed by atoms with Gasteiger partial charge in [-0.1, -0.05) is 55.0 Å². The number of halogens is 1. The van der Waals surface area contributed by atoms with E-state index in [9.17, 15) is 14.0 Å². The van der Waals surface area contributed by atoms with Crippen molar-refractivity contribution < 1.29 is 23.8 Å². The highest BCUT2D eigenvalue weighted by Gasteiger charge is 2.41. The van der Waals surface area contributed by atoms with Gasteiger partial charge in [0.1, 0.15) is 5.82 Å². The largest absolute Gasteiger partial charge is 0.478 e. The molecule has 1 saturated carbocycles. The third-order valence-corrected chi connectivity index (χ3v) is 6.40. The number of carboxylic acids is 1. The van der Waals surface area contributed by atoms with Crippen LogP contribution in [0, 0.1) is 11.7 Å². The van der Waals surface area contributed by atoms with E-state index in [2.05, 4.69) is 0 Å². The van der Waals surface area contributed by atoms with E-state index >= 15 is 0 Å². The number of rotatable bonds is 9. The van der Waals surface area contributed by atoms with Crippen LogP contribution in [-0.2, 0) is 22.7 Å². The zero-order chi connectivity index (χ0) is 23.3. The first-order valence-electron chi connectivity index (χ1n) is 11.3. The minimum absolute atomic E-state index is 0.0127. The summed E-state index contributed by atoms with van der Waals surface area (Å²) in [4.78, 5) is 26.9. The van der Waals surface area contributed by atoms with Crippen molar-refractivity contribution in [2.24, 2.45) is 5.92 Å². The fraction of sp³-hybridized carbons (Fsp3) is 0.333. The van der Waals surface area contributed by atoms with E-state index in [-0.39, 0.29) is 23.9 Å². The average molecular weight is 450 g/mol. The van der Waals surface area contributed by atoms with Gasteiger partial charge in [0, 0.05) is 25.1 Å². The second-order valence-electron chi connectivity index (χ2n) is 8.75. The number of carbonyl (C=O) groups excluding carboxylic acids is 1. The highest BCUT2D eigenvalue weighted by Crippen LogP contribution is 2.32. The van der Waals surface area contributed by atoms with Gasteiger partial charge in [-0.25, -0.2) is 9.18 Å². The van der Waals surface area contributed by atoms with Crippen molar-refractivity contribution in [3.05, 3.63) is 95.3 Å². The van der Waals surface area contributed by atoms with Gasteiger partial charge in [0.15, 0.2) is 5.60 Å². The number of allylic oxidation sites excluding steroid dienone is 2. The van der Waals surface area contributed by atoms with Crippen molar-refractivity contribution in [3.63, 3.8) is 0 Å². The lowest BCUT2D eigenvalue weighted by Gasteiger charge is -2.39. The molecule has 1 N–H and O–H groups in total. The maximum Gasteiger partial charge on any atom is 0.335 e. The summed E-state index contributed by atoms with van der Waals surface area (Å²) in [6, 6.07) is 13.0. The van der Waals surface area contributed by atoms with Gasteiger partial charge in [0.05, 0.1) is 12.2 Å². The summed E-state index contributed by atoms with van der Waals surface area (Å²) >= 11 is 0. The monoisotopic (exact) mass is 449 g/mol. The molecule has 0 aromatic heterocycles. The molecule has 33 heavy (non-hydrogen) atoms. The summed E-state index contributed by atoms with van der Waals surface area (Å²) in [7, 11) is 0. The topological polar surface area (TPSA) is 66.8 Å². The highest BCUT2D eigenvalue weighted by molar-refractivity contribution is 5.89. The quantitative estimate of drug-likeness (QED) is 0.577. The molecule has 0 aliphatic heterocycles. The van der Waals surface area contributed by atoms with Gasteiger partial charge in [-0.15, -0.1) is 0 Å². The number of aromatic carboxylic acids is 1. The molecule has 2 aliphatic carbocycles. The second-order valence-corrected chi connectivity index (χ2v) is 8.75. The van der Waals surface area contributed by atoms with Crippen LogP contribution in [0.25, 0.3) is 0 Å². The number of hydrogen-bond donors (Lipinski definition) is 1. The van der Waals surface area contributed by atoms with Crippen molar-refractivity contribution >= 4 is 11.9 Å². The lowest BCUT2D eigenvalue weighted by molar-refractivity contribution is -0.155. The Morgan fingerprint density at radius 1 is 1.09 bits per heavy atom. The van der Waals surface area contributed by atoms with E-state index in [1.54, 1.807) is 54.6 Å². The average Bonchev–Trinajstić information content (AvgIpc) is 2.80. The van der Waals surface area contributed by atoms with Crippen LogP contribution in [0.2, 0.25) is 0 Å². The van der Waals surface area contributed by atoms with E-state index in [0.29, 0.717) is 31.0 Å². The maximum atomic E-state index is 14.2. The van der Waals surface area contributed by atoms with Crippen LogP contribution in [-0.4, -0.2) is 34.0 Å². The molecule has 1 amide bonds. The van der Waals surface area contributed by atoms with Crippen LogP contribution in [0.5, 0.6) is 0 Å². The first-order valence-corrected chi connectivity index (χ1v) is 11.3. The van der Waals surface area contributed by atoms with Crippen LogP contribution in [0.1, 0.15) is 47.2 Å². The zero-order valence-corrected chi connectivity index (χ0v) is 18.5. The Kier molecular flexibility index (Phi) is 7.04. The van der Waals surface area contributed by atoms with Crippen molar-refractivity contribution in [1.29, 1.82) is 0 Å². The Balaban J connectivity index is 1.56. The van der Waals surface area contributed by atoms with Crippen molar-refractivity contribution in [3.8, 4) is 0 Å². The van der Waals surface area contributed by atoms with Gasteiger partial charge in [0.25, 0.3) is 5.91 Å². The third kappa shape index (κ3) is 5.40. The fourth-order valence-corrected chi connectivity index (χ4v) is 4.20. The summed E-state index contributed by atoms with van der Waals surface area (Å²) in [6.07, 6.45) is 11.0. The smallest absolute Gasteiger partial charge is 0.335 e. The van der Waals surface area contributed by atoms with Gasteiger partial charge in [-0.3, -0.25) is 4.79 Å². The Bertz CT molecular complexity index is 1060. The molecule has 2 aliphatic rings. The van der Waals surface area contributed by atoms with Crippen LogP contribution >= 0.6 is 0 Å². The molecule has 172 valence electrons. The Morgan fingerprint density at radius 2 is 1.85 bits per heavy atom. The molecule has 1 atom stereocenters. The molecule has 0 radical (unpaired) electrons. The summed E-state index contributed by atoms with van der Waals surface area (Å²) in [5.41, 5.74) is 0.261. The molecule has 0 spiro atoms. The van der Waals surface area contributed by atoms with Crippen molar-refractivity contribution in [2.75, 3.05) is 6.54 Å². The summed E-state index contributed by atoms with van der Waals surface area (Å²) in [5.74, 6) is -1.06. The highest BCUT2D eigenvalue weighted by atomic mass is 19.1. The number of nitrogens with zero attached hydrogens (tertiary/aromatic N) is 1. The SMILES string of the molecule is O=C(O)c1ccc(CN(CC2CCC2)C(=O)C2(OCc3ccccc3F)C=CC=CC2)cc1. The summed E-state index contributed by atoms with van der Waals surface area (Å²) in [6.45, 7) is 0.959.